The molecule has 0 bridgehead atoms. The quantitative estimate of drug-likeness (QED) is 0.440. The molecular weight excluding hydrogens is 124 g/mol. The molecule has 64 valence electrons. The van der Waals surface area contributed by atoms with Crippen LogP contribution in [0, 0.1) is 0 Å². The summed E-state index contributed by atoms with van der Waals surface area (Å²) >= 11 is 0. The highest BCUT2D eigenvalue weighted by atomic mass is 15.2. The minimum atomic E-state index is 1.18. The number of nitrogens with two attached hydrogens (primary N) is 1. The van der Waals surface area contributed by atoms with Crippen LogP contribution in [0.4, 0.5) is 0 Å². The van der Waals surface area contributed by atoms with Crippen molar-refractivity contribution in [2.45, 2.75) is 41.5 Å². The van der Waals surface area contributed by atoms with Crippen LogP contribution in [0.3, 0.4) is 0 Å². The van der Waals surface area contributed by atoms with E-state index in [0.29, 0.717) is 0 Å². The Kier molecular flexibility index (Phi) is 38.4. The lowest BCUT2D eigenvalue weighted by Gasteiger charge is -1.85. The Morgan fingerprint density at radius 3 is 1.40 bits per heavy atom. The highest BCUT2D eigenvalue weighted by Crippen LogP contribution is 1.80. The van der Waals surface area contributed by atoms with E-state index in [1.807, 2.05) is 41.5 Å². The molecule has 0 unspecified atom stereocenters. The zero-order chi connectivity index (χ0) is 8.99. The molecule has 0 heterocycles. The molecule has 0 aliphatic carbocycles. The summed E-state index contributed by atoms with van der Waals surface area (Å²) in [5, 5.41) is 0. The zero-order valence-corrected chi connectivity index (χ0v) is 8.15. The molecule has 10 heavy (non-hydrogen) atoms. The van der Waals surface area contributed by atoms with Crippen LogP contribution in [0.2, 0.25) is 0 Å². The molecule has 0 aliphatic heterocycles. The van der Waals surface area contributed by atoms with Crippen LogP contribution in [0.15, 0.2) is 11.8 Å². The first kappa shape index (κ1) is 16.2. The first-order chi connectivity index (χ1) is 4.77. The van der Waals surface area contributed by atoms with Crippen molar-refractivity contribution < 1.29 is 0 Å². The average Bonchev–Trinajstić information content (AvgIpc) is 1.96. The van der Waals surface area contributed by atoms with Crippen LogP contribution in [0.5, 0.6) is 0 Å². The molecule has 0 saturated carbocycles. The van der Waals surface area contributed by atoms with Gasteiger partial charge in [-0.2, -0.15) is 0 Å². The van der Waals surface area contributed by atoms with Gasteiger partial charge in [-0.05, 0) is 13.8 Å². The molecule has 0 spiro atoms. The van der Waals surface area contributed by atoms with Gasteiger partial charge in [-0.3, -0.25) is 5.84 Å². The van der Waals surface area contributed by atoms with Gasteiger partial charge in [-0.25, -0.2) is 0 Å². The van der Waals surface area contributed by atoms with E-state index in [9.17, 15) is 0 Å². The molecule has 0 aromatic rings. The molecule has 3 N–H and O–H groups in total. The summed E-state index contributed by atoms with van der Waals surface area (Å²) in [5.41, 5.74) is 3.58. The largest absolute Gasteiger partial charge is 0.331 e. The Labute approximate surface area is 65.5 Å². The molecule has 0 aliphatic rings. The average molecular weight is 146 g/mol. The Morgan fingerprint density at radius 2 is 1.40 bits per heavy atom. The lowest BCUT2D eigenvalue weighted by molar-refractivity contribution is 0.951. The van der Waals surface area contributed by atoms with Crippen molar-refractivity contribution in [3.8, 4) is 0 Å². The summed E-state index contributed by atoms with van der Waals surface area (Å²) in [6.45, 7) is 11.9. The molecule has 2 heteroatoms. The molecule has 0 atom stereocenters. The van der Waals surface area contributed by atoms with E-state index < -0.39 is 0 Å². The van der Waals surface area contributed by atoms with Gasteiger partial charge in [0.1, 0.15) is 0 Å². The maximum Gasteiger partial charge on any atom is 0.0109 e. The van der Waals surface area contributed by atoms with E-state index in [4.69, 9.17) is 5.84 Å². The fourth-order valence-electron chi connectivity index (χ4n) is 0.167. The van der Waals surface area contributed by atoms with Gasteiger partial charge < -0.3 is 5.43 Å². The summed E-state index contributed by atoms with van der Waals surface area (Å²) in [5.74, 6) is 4.90. The van der Waals surface area contributed by atoms with Gasteiger partial charge in [0.05, 0.1) is 0 Å². The Hall–Kier alpha value is -0.500. The van der Waals surface area contributed by atoms with Gasteiger partial charge in [-0.1, -0.05) is 33.3 Å². The predicted octanol–water partition coefficient (Wildman–Crippen LogP) is 2.43. The normalized spacial score (nSPS) is 5.50. The first-order valence-electron chi connectivity index (χ1n) is 3.87. The molecule has 0 aromatic heterocycles. The van der Waals surface area contributed by atoms with Crippen molar-refractivity contribution in [3.05, 3.63) is 11.8 Å². The fourth-order valence-corrected chi connectivity index (χ4v) is 0.167. The van der Waals surface area contributed by atoms with E-state index in [0.717, 1.165) is 0 Å². The van der Waals surface area contributed by atoms with E-state index in [-0.39, 0.29) is 0 Å². The van der Waals surface area contributed by atoms with Crippen LogP contribution in [-0.4, -0.2) is 0 Å². The number of hydrogen-bond donors (Lipinski definition) is 2. The lowest BCUT2D eigenvalue weighted by atomic mass is 10.4. The van der Waals surface area contributed by atoms with Gasteiger partial charge in [0, 0.05) is 6.20 Å². The summed E-state index contributed by atoms with van der Waals surface area (Å²) in [6.07, 6.45) is 1.74. The number of hydrogen-bond acceptors (Lipinski definition) is 2. The van der Waals surface area contributed by atoms with Gasteiger partial charge in [0.2, 0.25) is 0 Å². The number of allylic oxidation sites excluding steroid dienone is 1. The molecule has 0 aromatic carbocycles. The van der Waals surface area contributed by atoms with Crippen molar-refractivity contribution in [2.24, 2.45) is 5.84 Å². The van der Waals surface area contributed by atoms with Crippen molar-refractivity contribution >= 4 is 0 Å². The van der Waals surface area contributed by atoms with E-state index in [1.165, 1.54) is 5.57 Å². The second kappa shape index (κ2) is 23.6. The van der Waals surface area contributed by atoms with Crippen molar-refractivity contribution in [1.82, 2.24) is 5.43 Å². The molecule has 0 saturated heterocycles. The second-order valence-electron chi connectivity index (χ2n) is 1.39. The summed E-state index contributed by atoms with van der Waals surface area (Å²) < 4.78 is 0. The Morgan fingerprint density at radius 1 is 1.10 bits per heavy atom. The number of rotatable bonds is 1. The fraction of sp³-hybridized carbons (Fsp3) is 0.750. The van der Waals surface area contributed by atoms with Gasteiger partial charge >= 0.3 is 0 Å². The Balaban J connectivity index is -0.000000105. The minimum absolute atomic E-state index is 1.18. The third kappa shape index (κ3) is 50.7. The maximum atomic E-state index is 4.90. The highest BCUT2D eigenvalue weighted by Gasteiger charge is 1.65. The topological polar surface area (TPSA) is 38.0 Å². The monoisotopic (exact) mass is 146 g/mol. The lowest BCUT2D eigenvalue weighted by Crippen LogP contribution is -2.13. The summed E-state index contributed by atoms with van der Waals surface area (Å²) in [7, 11) is 0. The molecule has 0 amide bonds. The third-order valence-electron chi connectivity index (χ3n) is 0.372. The number of nitrogens with one attached hydrogen (secondary N) is 1. The van der Waals surface area contributed by atoms with Crippen LogP contribution in [-0.2, 0) is 0 Å². The standard InChI is InChI=1S/C4H10N2.2C2H6/c1-4(2)3-6-5;2*1-2/h3,6H,5H2,1-2H3;2*1-2H3. The molecular formula is C8H22N2. The predicted molar refractivity (Wildman–Crippen MR) is 49.5 cm³/mol. The number of hydrazine groups is 1. The molecule has 0 rings (SSSR count). The maximum absolute atomic E-state index is 4.90. The van der Waals surface area contributed by atoms with Crippen LogP contribution < -0.4 is 11.3 Å². The van der Waals surface area contributed by atoms with Gasteiger partial charge in [-0.15, -0.1) is 0 Å². The molecule has 2 nitrogen and oxygen atoms in total. The summed E-state index contributed by atoms with van der Waals surface area (Å²) in [4.78, 5) is 0. The summed E-state index contributed by atoms with van der Waals surface area (Å²) in [6, 6.07) is 0. The zero-order valence-electron chi connectivity index (χ0n) is 8.15. The molecule has 0 radical (unpaired) electrons. The van der Waals surface area contributed by atoms with E-state index in [2.05, 4.69) is 5.43 Å². The van der Waals surface area contributed by atoms with Crippen molar-refractivity contribution in [3.63, 3.8) is 0 Å². The van der Waals surface area contributed by atoms with E-state index in [1.54, 1.807) is 6.20 Å². The minimum Gasteiger partial charge on any atom is -0.331 e. The first-order valence-corrected chi connectivity index (χ1v) is 3.87. The van der Waals surface area contributed by atoms with Crippen LogP contribution in [0.1, 0.15) is 41.5 Å². The van der Waals surface area contributed by atoms with Gasteiger partial charge in [0.15, 0.2) is 0 Å². The highest BCUT2D eigenvalue weighted by molar-refractivity contribution is 4.89. The molecule has 0 fully saturated rings. The van der Waals surface area contributed by atoms with Gasteiger partial charge in [0.25, 0.3) is 0 Å². The van der Waals surface area contributed by atoms with Crippen molar-refractivity contribution in [1.29, 1.82) is 0 Å². The SMILES string of the molecule is CC.CC.CC(C)=CNN. The second-order valence-corrected chi connectivity index (χ2v) is 1.39. The third-order valence-corrected chi connectivity index (χ3v) is 0.372. The Bertz CT molecular complexity index is 54.3. The smallest absolute Gasteiger partial charge is 0.0109 e. The van der Waals surface area contributed by atoms with E-state index >= 15 is 0 Å². The van der Waals surface area contributed by atoms with Crippen LogP contribution >= 0.6 is 0 Å². The van der Waals surface area contributed by atoms with Crippen molar-refractivity contribution in [2.75, 3.05) is 0 Å². The van der Waals surface area contributed by atoms with Crippen LogP contribution in [0.25, 0.3) is 0 Å².